The van der Waals surface area contributed by atoms with Crippen LogP contribution in [0.25, 0.3) is 10.9 Å². The van der Waals surface area contributed by atoms with E-state index in [1.54, 1.807) is 6.20 Å². The number of hydrogen-bond donors (Lipinski definition) is 2. The number of alkyl halides is 1. The van der Waals surface area contributed by atoms with Crippen LogP contribution in [0.5, 0.6) is 0 Å². The van der Waals surface area contributed by atoms with Gasteiger partial charge in [0.25, 0.3) is 0 Å². The molecule has 0 spiro atoms. The van der Waals surface area contributed by atoms with E-state index < -0.39 is 6.09 Å². The first-order valence-corrected chi connectivity index (χ1v) is 10.7. The maximum atomic E-state index is 11.4. The van der Waals surface area contributed by atoms with Crippen molar-refractivity contribution in [1.29, 1.82) is 0 Å². The van der Waals surface area contributed by atoms with Crippen LogP contribution in [-0.2, 0) is 16.0 Å². The van der Waals surface area contributed by atoms with Crippen LogP contribution in [0.15, 0.2) is 48.7 Å². The van der Waals surface area contributed by atoms with Gasteiger partial charge in [-0.15, -0.1) is 11.6 Å². The number of aromatic nitrogens is 2. The fourth-order valence-electron chi connectivity index (χ4n) is 4.36. The third-order valence-electron chi connectivity index (χ3n) is 6.22. The lowest BCUT2D eigenvalue weighted by atomic mass is 9.73. The molecule has 1 fully saturated rings. The summed E-state index contributed by atoms with van der Waals surface area (Å²) in [4.78, 5) is 12.9. The Labute approximate surface area is 180 Å². The molecule has 1 aliphatic heterocycles. The first-order valence-electron chi connectivity index (χ1n) is 10.2. The van der Waals surface area contributed by atoms with E-state index in [0.717, 1.165) is 34.9 Å². The summed E-state index contributed by atoms with van der Waals surface area (Å²) in [6, 6.07) is 14.4. The SMILES string of the molecule is CC(OCC1(c2ccccc2)CCN(C(=O)O)CC1)c1cc(CCl)cc2cn[nH]c12. The summed E-state index contributed by atoms with van der Waals surface area (Å²) in [5.41, 5.74) is 4.02. The second kappa shape index (κ2) is 8.66. The van der Waals surface area contributed by atoms with Gasteiger partial charge in [0.05, 0.1) is 24.4 Å². The fraction of sp³-hybridized carbons (Fsp3) is 0.391. The Kier molecular flexibility index (Phi) is 5.97. The van der Waals surface area contributed by atoms with E-state index >= 15 is 0 Å². The summed E-state index contributed by atoms with van der Waals surface area (Å²) in [5, 5.41) is 17.6. The van der Waals surface area contributed by atoms with Crippen molar-refractivity contribution in [2.75, 3.05) is 19.7 Å². The van der Waals surface area contributed by atoms with Gasteiger partial charge in [-0.2, -0.15) is 5.10 Å². The van der Waals surface area contributed by atoms with E-state index in [2.05, 4.69) is 28.4 Å². The van der Waals surface area contributed by atoms with Gasteiger partial charge in [-0.05, 0) is 43.0 Å². The normalized spacial score (nSPS) is 17.2. The fourth-order valence-corrected chi connectivity index (χ4v) is 4.51. The van der Waals surface area contributed by atoms with Crippen LogP contribution in [0.1, 0.15) is 42.6 Å². The highest BCUT2D eigenvalue weighted by atomic mass is 35.5. The molecule has 0 saturated carbocycles. The molecule has 2 N–H and O–H groups in total. The van der Waals surface area contributed by atoms with Crippen LogP contribution in [0, 0.1) is 0 Å². The highest BCUT2D eigenvalue weighted by molar-refractivity contribution is 6.17. The predicted molar refractivity (Wildman–Crippen MR) is 117 cm³/mol. The number of carboxylic acid groups (broad SMARTS) is 1. The zero-order chi connectivity index (χ0) is 21.1. The number of H-pyrrole nitrogens is 1. The number of halogens is 1. The van der Waals surface area contributed by atoms with Gasteiger partial charge in [0.2, 0.25) is 0 Å². The molecule has 3 aromatic rings. The Morgan fingerprint density at radius 3 is 2.70 bits per heavy atom. The number of fused-ring (bicyclic) bond motifs is 1. The lowest BCUT2D eigenvalue weighted by Gasteiger charge is -2.41. The number of hydrogen-bond acceptors (Lipinski definition) is 3. The quantitative estimate of drug-likeness (QED) is 0.537. The van der Waals surface area contributed by atoms with Gasteiger partial charge >= 0.3 is 6.09 Å². The first-order chi connectivity index (χ1) is 14.5. The minimum atomic E-state index is -0.856. The van der Waals surface area contributed by atoms with Crippen molar-refractivity contribution in [1.82, 2.24) is 15.1 Å². The number of likely N-dealkylation sites (tertiary alicyclic amines) is 1. The summed E-state index contributed by atoms with van der Waals surface area (Å²) < 4.78 is 6.44. The number of nitrogens with zero attached hydrogens (tertiary/aromatic N) is 2. The molecular formula is C23H26ClN3O3. The van der Waals surface area contributed by atoms with E-state index in [0.29, 0.717) is 25.6 Å². The van der Waals surface area contributed by atoms with E-state index in [1.807, 2.05) is 31.2 Å². The van der Waals surface area contributed by atoms with Crippen molar-refractivity contribution < 1.29 is 14.6 Å². The van der Waals surface area contributed by atoms with Crippen molar-refractivity contribution in [2.24, 2.45) is 0 Å². The number of benzene rings is 2. The summed E-state index contributed by atoms with van der Waals surface area (Å²) in [5.74, 6) is 0.430. The lowest BCUT2D eigenvalue weighted by Crippen LogP contribution is -2.47. The van der Waals surface area contributed by atoms with Crippen LogP contribution in [0.2, 0.25) is 0 Å². The number of nitrogens with one attached hydrogen (secondary N) is 1. The van der Waals surface area contributed by atoms with Gasteiger partial charge in [0, 0.05) is 35.3 Å². The molecule has 4 rings (SSSR count). The average Bonchev–Trinajstić information content (AvgIpc) is 3.26. The second-order valence-electron chi connectivity index (χ2n) is 8.02. The molecule has 1 amide bonds. The Morgan fingerprint density at radius 1 is 1.30 bits per heavy atom. The molecule has 0 aliphatic carbocycles. The zero-order valence-electron chi connectivity index (χ0n) is 17.0. The molecule has 6 nitrogen and oxygen atoms in total. The summed E-state index contributed by atoms with van der Waals surface area (Å²) in [6.45, 7) is 3.58. The highest BCUT2D eigenvalue weighted by Gasteiger charge is 2.38. The molecule has 0 bridgehead atoms. The molecule has 1 aromatic heterocycles. The standard InChI is InChI=1S/C23H26ClN3O3/c1-16(20-12-17(13-24)11-18-14-25-26-21(18)20)30-15-23(19-5-3-2-4-6-19)7-9-27(10-8-23)22(28)29/h2-6,11-12,14,16H,7-10,13,15H2,1H3,(H,25,26)(H,28,29). The number of aromatic amines is 1. The number of piperidine rings is 1. The third-order valence-corrected chi connectivity index (χ3v) is 6.53. The maximum absolute atomic E-state index is 11.4. The van der Waals surface area contributed by atoms with Crippen LogP contribution in [-0.4, -0.2) is 46.0 Å². The molecule has 158 valence electrons. The van der Waals surface area contributed by atoms with E-state index in [-0.39, 0.29) is 11.5 Å². The topological polar surface area (TPSA) is 78.4 Å². The van der Waals surface area contributed by atoms with Crippen molar-refractivity contribution in [3.8, 4) is 0 Å². The van der Waals surface area contributed by atoms with Gasteiger partial charge < -0.3 is 14.7 Å². The number of rotatable bonds is 6. The van der Waals surface area contributed by atoms with Gasteiger partial charge in [0.15, 0.2) is 0 Å². The molecule has 1 atom stereocenters. The van der Waals surface area contributed by atoms with Crippen molar-refractivity contribution in [2.45, 2.75) is 37.2 Å². The molecule has 2 aromatic carbocycles. The van der Waals surface area contributed by atoms with E-state index in [1.165, 1.54) is 10.5 Å². The summed E-state index contributed by atoms with van der Waals surface area (Å²) in [7, 11) is 0. The van der Waals surface area contributed by atoms with E-state index in [9.17, 15) is 9.90 Å². The van der Waals surface area contributed by atoms with Crippen LogP contribution in [0.4, 0.5) is 4.79 Å². The molecule has 1 aliphatic rings. The zero-order valence-corrected chi connectivity index (χ0v) is 17.7. The number of carbonyl (C=O) groups is 1. The van der Waals surface area contributed by atoms with Crippen molar-refractivity contribution in [3.05, 3.63) is 65.4 Å². The van der Waals surface area contributed by atoms with Gasteiger partial charge in [-0.1, -0.05) is 30.3 Å². The monoisotopic (exact) mass is 427 g/mol. The predicted octanol–water partition coefficient (Wildman–Crippen LogP) is 5.09. The van der Waals surface area contributed by atoms with Crippen molar-refractivity contribution >= 4 is 28.6 Å². The van der Waals surface area contributed by atoms with Gasteiger partial charge in [-0.3, -0.25) is 5.10 Å². The smallest absolute Gasteiger partial charge is 0.407 e. The Balaban J connectivity index is 1.58. The highest BCUT2D eigenvalue weighted by Crippen LogP contribution is 2.38. The molecular weight excluding hydrogens is 402 g/mol. The molecule has 0 radical (unpaired) electrons. The number of amides is 1. The lowest BCUT2D eigenvalue weighted by molar-refractivity contribution is 0.00557. The molecule has 7 heteroatoms. The van der Waals surface area contributed by atoms with Crippen LogP contribution >= 0.6 is 11.6 Å². The van der Waals surface area contributed by atoms with Crippen LogP contribution < -0.4 is 0 Å². The summed E-state index contributed by atoms with van der Waals surface area (Å²) in [6.07, 6.45) is 2.25. The molecule has 30 heavy (non-hydrogen) atoms. The van der Waals surface area contributed by atoms with Crippen molar-refractivity contribution in [3.63, 3.8) is 0 Å². The van der Waals surface area contributed by atoms with Gasteiger partial charge in [-0.25, -0.2) is 4.79 Å². The minimum Gasteiger partial charge on any atom is -0.465 e. The third kappa shape index (κ3) is 4.02. The largest absolute Gasteiger partial charge is 0.465 e. The Morgan fingerprint density at radius 2 is 2.03 bits per heavy atom. The molecule has 2 heterocycles. The first kappa shape index (κ1) is 20.7. The van der Waals surface area contributed by atoms with Gasteiger partial charge in [0.1, 0.15) is 0 Å². The molecule has 1 unspecified atom stereocenters. The average molecular weight is 428 g/mol. The van der Waals surface area contributed by atoms with E-state index in [4.69, 9.17) is 16.3 Å². The Hall–Kier alpha value is -2.57. The minimum absolute atomic E-state index is 0.158. The van der Waals surface area contributed by atoms with Crippen LogP contribution in [0.3, 0.4) is 0 Å². The maximum Gasteiger partial charge on any atom is 0.407 e. The molecule has 1 saturated heterocycles. The number of ether oxygens (including phenoxy) is 1. The summed E-state index contributed by atoms with van der Waals surface area (Å²) >= 11 is 6.09. The Bertz CT molecular complexity index is 1010. The second-order valence-corrected chi connectivity index (χ2v) is 8.29.